The van der Waals surface area contributed by atoms with Gasteiger partial charge in [-0.3, -0.25) is 4.99 Å². The first-order valence-corrected chi connectivity index (χ1v) is 12.7. The average molecular weight is 458 g/mol. The van der Waals surface area contributed by atoms with E-state index in [9.17, 15) is 4.79 Å². The molecule has 1 fully saturated rings. The maximum Gasteiger partial charge on any atom is 0.344 e. The maximum atomic E-state index is 13.1. The Morgan fingerprint density at radius 3 is 2.68 bits per heavy atom. The van der Waals surface area contributed by atoms with E-state index in [0.717, 1.165) is 60.4 Å². The van der Waals surface area contributed by atoms with Gasteiger partial charge in [0, 0.05) is 18.0 Å². The molecule has 34 heavy (non-hydrogen) atoms. The van der Waals surface area contributed by atoms with Gasteiger partial charge in [-0.2, -0.15) is 0 Å². The Labute approximate surface area is 202 Å². The van der Waals surface area contributed by atoms with Gasteiger partial charge in [-0.05, 0) is 94.1 Å². The molecule has 178 valence electrons. The number of allylic oxidation sites excluding steroid dienone is 4. The molecule has 3 aliphatic rings. The fraction of sp³-hybridized carbons (Fsp3) is 0.448. The molecule has 4 heterocycles. The van der Waals surface area contributed by atoms with Gasteiger partial charge < -0.3 is 14.2 Å². The fourth-order valence-corrected chi connectivity index (χ4v) is 5.57. The summed E-state index contributed by atoms with van der Waals surface area (Å²) in [7, 11) is 0. The molecule has 0 bridgehead atoms. The summed E-state index contributed by atoms with van der Waals surface area (Å²) in [6.45, 7) is 11.9. The van der Waals surface area contributed by atoms with Crippen molar-refractivity contribution in [1.82, 2.24) is 9.80 Å². The topological polar surface area (TPSA) is 49.0 Å². The smallest absolute Gasteiger partial charge is 0.344 e. The highest BCUT2D eigenvalue weighted by molar-refractivity contribution is 5.99. The number of piperidine rings is 1. The molecule has 5 nitrogen and oxygen atoms in total. The van der Waals surface area contributed by atoms with Crippen LogP contribution in [0.5, 0.6) is 0 Å². The molecule has 1 unspecified atom stereocenters. The molecule has 5 rings (SSSR count). The normalized spacial score (nSPS) is 22.0. The zero-order valence-corrected chi connectivity index (χ0v) is 20.8. The summed E-state index contributed by atoms with van der Waals surface area (Å²) in [6.07, 6.45) is 10.8. The first-order valence-electron chi connectivity index (χ1n) is 12.7. The minimum absolute atomic E-state index is 0.229. The summed E-state index contributed by atoms with van der Waals surface area (Å²) in [5, 5.41) is 1.64. The molecule has 0 spiro atoms. The first kappa shape index (κ1) is 22.9. The molecule has 1 aromatic heterocycles. The van der Waals surface area contributed by atoms with Gasteiger partial charge in [-0.25, -0.2) is 4.79 Å². The number of benzene rings is 1. The number of fused-ring (bicyclic) bond motifs is 2. The second-order valence-electron chi connectivity index (χ2n) is 10.0. The molecular weight excluding hydrogens is 422 g/mol. The highest BCUT2D eigenvalue weighted by atomic mass is 16.4. The van der Waals surface area contributed by atoms with Gasteiger partial charge in [0.15, 0.2) is 0 Å². The third-order valence-electron chi connectivity index (χ3n) is 7.46. The maximum absolute atomic E-state index is 13.1. The van der Waals surface area contributed by atoms with Crippen LogP contribution < -0.4 is 5.63 Å². The van der Waals surface area contributed by atoms with Gasteiger partial charge in [-0.1, -0.05) is 32.1 Å². The molecule has 5 heteroatoms. The minimum Gasteiger partial charge on any atom is -0.423 e. The standard InChI is InChI=1S/C29H35N3O2/c1-5-12-31-13-10-22(11-14-31)23-7-8-24-16-28(34-29(33)25(24)15-23)26-18-32-17-20(3)30-21(4)27(32)9-6-19(26)2/h7-9,15-19,22H,5-6,10-14H2,1-4H3. The Balaban J connectivity index is 1.45. The van der Waals surface area contributed by atoms with Crippen LogP contribution in [0.3, 0.4) is 0 Å². The van der Waals surface area contributed by atoms with Crippen LogP contribution in [0.25, 0.3) is 16.3 Å². The molecule has 3 aliphatic heterocycles. The van der Waals surface area contributed by atoms with Gasteiger partial charge in [-0.15, -0.1) is 0 Å². The van der Waals surface area contributed by atoms with Crippen LogP contribution in [0.4, 0.5) is 0 Å². The van der Waals surface area contributed by atoms with Crippen molar-refractivity contribution in [3.63, 3.8) is 0 Å². The minimum atomic E-state index is -0.244. The zero-order chi connectivity index (χ0) is 23.8. The van der Waals surface area contributed by atoms with Crippen LogP contribution in [0, 0.1) is 5.92 Å². The zero-order valence-electron chi connectivity index (χ0n) is 20.8. The summed E-state index contributed by atoms with van der Waals surface area (Å²) in [6, 6.07) is 8.44. The van der Waals surface area contributed by atoms with Crippen LogP contribution >= 0.6 is 0 Å². The molecule has 0 aliphatic carbocycles. The Bertz CT molecular complexity index is 1270. The van der Waals surface area contributed by atoms with Crippen molar-refractivity contribution in [1.29, 1.82) is 0 Å². The number of hydrogen-bond acceptors (Lipinski definition) is 5. The summed E-state index contributed by atoms with van der Waals surface area (Å²) < 4.78 is 5.95. The highest BCUT2D eigenvalue weighted by Crippen LogP contribution is 2.35. The number of aliphatic imine (C=N–C) groups is 1. The lowest BCUT2D eigenvalue weighted by Gasteiger charge is -2.32. The van der Waals surface area contributed by atoms with E-state index in [4.69, 9.17) is 4.42 Å². The van der Waals surface area contributed by atoms with Gasteiger partial charge in [0.05, 0.1) is 22.5 Å². The van der Waals surface area contributed by atoms with Crippen molar-refractivity contribution in [2.45, 2.75) is 59.3 Å². The van der Waals surface area contributed by atoms with E-state index in [1.807, 2.05) is 26.1 Å². The molecule has 2 aromatic rings. The van der Waals surface area contributed by atoms with Gasteiger partial charge in [0.1, 0.15) is 5.76 Å². The lowest BCUT2D eigenvalue weighted by molar-refractivity contribution is 0.213. The summed E-state index contributed by atoms with van der Waals surface area (Å²) in [5.74, 6) is 1.41. The third-order valence-corrected chi connectivity index (χ3v) is 7.46. The quantitative estimate of drug-likeness (QED) is 0.542. The Kier molecular flexibility index (Phi) is 6.30. The van der Waals surface area contributed by atoms with Crippen LogP contribution in [-0.4, -0.2) is 35.1 Å². The largest absolute Gasteiger partial charge is 0.423 e. The SMILES string of the molecule is CCCN1CCC(c2ccc3cc(C4=CN5C=C(C)N=C(C)C5=CCC4C)oc(=O)c3c2)CC1. The van der Waals surface area contributed by atoms with E-state index in [-0.39, 0.29) is 11.5 Å². The van der Waals surface area contributed by atoms with E-state index < -0.39 is 0 Å². The second kappa shape index (κ2) is 9.38. The van der Waals surface area contributed by atoms with Crippen molar-refractivity contribution in [3.8, 4) is 0 Å². The molecule has 1 atom stereocenters. The second-order valence-corrected chi connectivity index (χ2v) is 10.0. The van der Waals surface area contributed by atoms with Crippen LogP contribution in [-0.2, 0) is 0 Å². The lowest BCUT2D eigenvalue weighted by Crippen LogP contribution is -2.33. The fourth-order valence-electron chi connectivity index (χ4n) is 5.57. The average Bonchev–Trinajstić information content (AvgIpc) is 2.98. The predicted octanol–water partition coefficient (Wildman–Crippen LogP) is 6.28. The van der Waals surface area contributed by atoms with Crippen LogP contribution in [0.15, 0.2) is 68.3 Å². The Morgan fingerprint density at radius 2 is 1.91 bits per heavy atom. The lowest BCUT2D eigenvalue weighted by atomic mass is 9.88. The van der Waals surface area contributed by atoms with Gasteiger partial charge >= 0.3 is 5.63 Å². The number of rotatable bonds is 4. The van der Waals surface area contributed by atoms with E-state index in [1.165, 1.54) is 18.5 Å². The van der Waals surface area contributed by atoms with E-state index in [0.29, 0.717) is 17.1 Å². The third kappa shape index (κ3) is 4.41. The van der Waals surface area contributed by atoms with Crippen molar-refractivity contribution < 1.29 is 4.42 Å². The molecule has 1 saturated heterocycles. The summed E-state index contributed by atoms with van der Waals surface area (Å²) in [5.41, 5.74) is 5.14. The Morgan fingerprint density at radius 1 is 1.12 bits per heavy atom. The van der Waals surface area contributed by atoms with E-state index in [1.54, 1.807) is 0 Å². The molecule has 1 aromatic carbocycles. The number of nitrogens with zero attached hydrogens (tertiary/aromatic N) is 3. The molecule has 0 amide bonds. The Hall–Kier alpha value is -2.92. The monoisotopic (exact) mass is 457 g/mol. The highest BCUT2D eigenvalue weighted by Gasteiger charge is 2.24. The molecule has 0 saturated carbocycles. The van der Waals surface area contributed by atoms with Crippen molar-refractivity contribution in [2.24, 2.45) is 10.9 Å². The molecule has 0 radical (unpaired) electrons. The summed E-state index contributed by atoms with van der Waals surface area (Å²) in [4.78, 5) is 22.4. The van der Waals surface area contributed by atoms with E-state index in [2.05, 4.69) is 59.1 Å². The molecule has 0 N–H and O–H groups in total. The number of likely N-dealkylation sites (tertiary alicyclic amines) is 1. The van der Waals surface area contributed by atoms with Crippen molar-refractivity contribution in [3.05, 3.63) is 75.9 Å². The van der Waals surface area contributed by atoms with Crippen molar-refractivity contribution in [2.75, 3.05) is 19.6 Å². The predicted molar refractivity (Wildman–Crippen MR) is 140 cm³/mol. The van der Waals surface area contributed by atoms with Gasteiger partial charge in [0.25, 0.3) is 0 Å². The number of hydrogen-bond donors (Lipinski definition) is 0. The summed E-state index contributed by atoms with van der Waals surface area (Å²) >= 11 is 0. The van der Waals surface area contributed by atoms with Gasteiger partial charge in [0.2, 0.25) is 0 Å². The molecular formula is C29H35N3O2. The van der Waals surface area contributed by atoms with Crippen LogP contribution in [0.2, 0.25) is 0 Å². The van der Waals surface area contributed by atoms with Crippen LogP contribution in [0.1, 0.15) is 70.6 Å². The first-order chi connectivity index (χ1) is 16.4. The van der Waals surface area contributed by atoms with E-state index >= 15 is 0 Å². The van der Waals surface area contributed by atoms with Crippen molar-refractivity contribution >= 4 is 22.1 Å².